The van der Waals surface area contributed by atoms with Crippen LogP contribution < -0.4 is 24.8 Å². The van der Waals surface area contributed by atoms with Crippen LogP contribution in [0.1, 0.15) is 17.7 Å². The standard InChI is InChI=1S/C22H23NO5/c1-26-19-9-14(10-20(27-2)22(19)28-3)23-17-8-13-6-4-5-7-15(13)21(17)16(11-24)18(23)12-25/h4-6,8-10,24-25H,7,11-12H2,1-3H3. The minimum absolute atomic E-state index is 0.149. The number of methoxy groups -OCH3 is 3. The Hall–Kier alpha value is -2.96. The fourth-order valence-electron chi connectivity index (χ4n) is 4.10. The highest BCUT2D eigenvalue weighted by Crippen LogP contribution is 2.39. The fraction of sp³-hybridized carbons (Fsp3) is 0.273. The van der Waals surface area contributed by atoms with Crippen LogP contribution in [0.3, 0.4) is 0 Å². The number of aliphatic hydroxyl groups is 2. The molecule has 0 radical (unpaired) electrons. The molecule has 0 spiro atoms. The third-order valence-corrected chi connectivity index (χ3v) is 5.31. The van der Waals surface area contributed by atoms with Gasteiger partial charge in [0, 0.05) is 22.9 Å². The Kier molecular flexibility index (Phi) is 4.75. The number of aromatic nitrogens is 1. The van der Waals surface area contributed by atoms with E-state index in [4.69, 9.17) is 14.2 Å². The Morgan fingerprint density at radius 3 is 2.29 bits per heavy atom. The number of rotatable bonds is 6. The van der Waals surface area contributed by atoms with Gasteiger partial charge < -0.3 is 29.0 Å². The number of benzene rings is 1. The quantitative estimate of drug-likeness (QED) is 0.790. The van der Waals surface area contributed by atoms with Crippen LogP contribution >= 0.6 is 0 Å². The lowest BCUT2D eigenvalue weighted by Crippen LogP contribution is -2.28. The molecule has 0 atom stereocenters. The monoisotopic (exact) mass is 381 g/mol. The summed E-state index contributed by atoms with van der Waals surface area (Å²) in [6, 6.07) is 3.68. The summed E-state index contributed by atoms with van der Waals surface area (Å²) < 4.78 is 18.4. The Morgan fingerprint density at radius 1 is 1.00 bits per heavy atom. The summed E-state index contributed by atoms with van der Waals surface area (Å²) in [6.45, 7) is -0.348. The summed E-state index contributed by atoms with van der Waals surface area (Å²) in [7, 11) is 4.70. The second-order valence-corrected chi connectivity index (χ2v) is 6.60. The first kappa shape index (κ1) is 18.4. The lowest BCUT2D eigenvalue weighted by Gasteiger charge is -2.16. The van der Waals surface area contributed by atoms with Crippen LogP contribution in [0.5, 0.6) is 17.2 Å². The lowest BCUT2D eigenvalue weighted by molar-refractivity contribution is 0.255. The van der Waals surface area contributed by atoms with E-state index in [2.05, 4.69) is 18.2 Å². The number of nitrogens with zero attached hydrogens (tertiary/aromatic N) is 1. The Bertz CT molecular complexity index is 1100. The van der Waals surface area contributed by atoms with Gasteiger partial charge in [0.2, 0.25) is 5.75 Å². The second kappa shape index (κ2) is 7.22. The summed E-state index contributed by atoms with van der Waals surface area (Å²) >= 11 is 0. The van der Waals surface area contributed by atoms with Crippen molar-refractivity contribution in [1.29, 1.82) is 0 Å². The summed E-state index contributed by atoms with van der Waals surface area (Å²) in [6.07, 6.45) is 9.09. The van der Waals surface area contributed by atoms with E-state index in [1.807, 2.05) is 22.8 Å². The van der Waals surface area contributed by atoms with E-state index in [1.165, 1.54) is 5.57 Å². The van der Waals surface area contributed by atoms with Gasteiger partial charge in [-0.3, -0.25) is 0 Å². The third-order valence-electron chi connectivity index (χ3n) is 5.31. The molecule has 146 valence electrons. The Balaban J connectivity index is 2.08. The zero-order valence-electron chi connectivity index (χ0n) is 16.2. The van der Waals surface area contributed by atoms with Gasteiger partial charge in [-0.2, -0.15) is 0 Å². The van der Waals surface area contributed by atoms with E-state index in [-0.39, 0.29) is 13.2 Å². The third kappa shape index (κ3) is 2.57. The van der Waals surface area contributed by atoms with Crippen LogP contribution in [0.2, 0.25) is 0 Å². The molecule has 2 N–H and O–H groups in total. The molecule has 0 saturated heterocycles. The maximum Gasteiger partial charge on any atom is 0.203 e. The van der Waals surface area contributed by atoms with Crippen LogP contribution in [0.25, 0.3) is 17.3 Å². The summed E-state index contributed by atoms with van der Waals surface area (Å²) in [4.78, 5) is 0. The molecule has 28 heavy (non-hydrogen) atoms. The van der Waals surface area contributed by atoms with Crippen LogP contribution in [0.4, 0.5) is 0 Å². The molecule has 6 nitrogen and oxygen atoms in total. The van der Waals surface area contributed by atoms with E-state index in [0.29, 0.717) is 22.9 Å². The van der Waals surface area contributed by atoms with Gasteiger partial charge in [-0.1, -0.05) is 18.2 Å². The molecule has 1 aromatic heterocycles. The van der Waals surface area contributed by atoms with Crippen molar-refractivity contribution in [2.24, 2.45) is 0 Å². The molecule has 0 saturated carbocycles. The minimum atomic E-state index is -0.199. The Morgan fingerprint density at radius 2 is 1.71 bits per heavy atom. The lowest BCUT2D eigenvalue weighted by atomic mass is 9.98. The number of hydrogen-bond acceptors (Lipinski definition) is 5. The molecular formula is C22H23NO5. The minimum Gasteiger partial charge on any atom is -0.493 e. The van der Waals surface area contributed by atoms with Gasteiger partial charge in [0.15, 0.2) is 11.5 Å². The van der Waals surface area contributed by atoms with Crippen molar-refractivity contribution in [1.82, 2.24) is 4.57 Å². The molecular weight excluding hydrogens is 358 g/mol. The van der Waals surface area contributed by atoms with Crippen LogP contribution in [0, 0.1) is 0 Å². The second-order valence-electron chi connectivity index (χ2n) is 6.60. The molecule has 4 rings (SSSR count). The van der Waals surface area contributed by atoms with E-state index in [1.54, 1.807) is 21.3 Å². The van der Waals surface area contributed by atoms with Crippen molar-refractivity contribution in [3.8, 4) is 22.9 Å². The average Bonchev–Trinajstić information content (AvgIpc) is 3.25. The fourth-order valence-corrected chi connectivity index (χ4v) is 4.10. The first-order valence-electron chi connectivity index (χ1n) is 9.05. The summed E-state index contributed by atoms with van der Waals surface area (Å²) in [5, 5.41) is 22.2. The highest BCUT2D eigenvalue weighted by Gasteiger charge is 2.24. The van der Waals surface area contributed by atoms with Crippen molar-refractivity contribution < 1.29 is 24.4 Å². The largest absolute Gasteiger partial charge is 0.493 e. The van der Waals surface area contributed by atoms with Crippen molar-refractivity contribution in [2.75, 3.05) is 21.3 Å². The average molecular weight is 381 g/mol. The number of fused-ring (bicyclic) bond motifs is 2. The maximum atomic E-state index is 10.1. The number of hydrogen-bond donors (Lipinski definition) is 2. The van der Waals surface area contributed by atoms with Gasteiger partial charge in [0.25, 0.3) is 0 Å². The molecule has 2 aliphatic carbocycles. The summed E-state index contributed by atoms with van der Waals surface area (Å²) in [5.74, 6) is 1.56. The molecule has 0 aliphatic heterocycles. The van der Waals surface area contributed by atoms with Gasteiger partial charge in [-0.05, 0) is 23.6 Å². The number of allylic oxidation sites excluding steroid dienone is 4. The zero-order chi connectivity index (χ0) is 19.8. The normalized spacial score (nSPS) is 14.3. The molecule has 1 aromatic carbocycles. The molecule has 2 aromatic rings. The predicted octanol–water partition coefficient (Wildman–Crippen LogP) is 1.32. The SMILES string of the molecule is COc1cc(-n2c(CO)c(CO)c3c2=CC2=CC=CCC=32)cc(OC)c1OC. The molecule has 0 bridgehead atoms. The topological polar surface area (TPSA) is 73.1 Å². The van der Waals surface area contributed by atoms with Crippen LogP contribution in [-0.4, -0.2) is 36.1 Å². The first-order chi connectivity index (χ1) is 13.7. The maximum absolute atomic E-state index is 10.1. The molecule has 2 aliphatic rings. The van der Waals surface area contributed by atoms with Gasteiger partial charge in [0.05, 0.1) is 51.3 Å². The van der Waals surface area contributed by atoms with Gasteiger partial charge >= 0.3 is 0 Å². The van der Waals surface area contributed by atoms with E-state index in [9.17, 15) is 10.2 Å². The number of aliphatic hydroxyl groups excluding tert-OH is 2. The van der Waals surface area contributed by atoms with Gasteiger partial charge in [0.1, 0.15) is 0 Å². The highest BCUT2D eigenvalue weighted by molar-refractivity contribution is 5.85. The predicted molar refractivity (Wildman–Crippen MR) is 106 cm³/mol. The Labute approximate surface area is 162 Å². The smallest absolute Gasteiger partial charge is 0.203 e. The van der Waals surface area contributed by atoms with Crippen molar-refractivity contribution in [2.45, 2.75) is 19.6 Å². The van der Waals surface area contributed by atoms with Gasteiger partial charge in [-0.25, -0.2) is 0 Å². The van der Waals surface area contributed by atoms with Crippen molar-refractivity contribution in [3.05, 3.63) is 57.8 Å². The van der Waals surface area contributed by atoms with Crippen molar-refractivity contribution in [3.63, 3.8) is 0 Å². The molecule has 6 heteroatoms. The first-order valence-corrected chi connectivity index (χ1v) is 9.05. The van der Waals surface area contributed by atoms with E-state index in [0.717, 1.165) is 33.8 Å². The molecule has 0 fully saturated rings. The van der Waals surface area contributed by atoms with E-state index >= 15 is 0 Å². The van der Waals surface area contributed by atoms with Crippen molar-refractivity contribution >= 4 is 11.6 Å². The number of ether oxygens (including phenoxy) is 3. The van der Waals surface area contributed by atoms with E-state index < -0.39 is 0 Å². The zero-order valence-corrected chi connectivity index (χ0v) is 16.2. The van der Waals surface area contributed by atoms with Crippen LogP contribution in [-0.2, 0) is 13.2 Å². The molecule has 0 amide bonds. The van der Waals surface area contributed by atoms with Crippen LogP contribution in [0.15, 0.2) is 35.9 Å². The molecule has 1 heterocycles. The highest BCUT2D eigenvalue weighted by atomic mass is 16.5. The molecule has 0 unspecified atom stereocenters. The van der Waals surface area contributed by atoms with Gasteiger partial charge in [-0.15, -0.1) is 0 Å². The summed E-state index contributed by atoms with van der Waals surface area (Å²) in [5.41, 5.74) is 4.46.